The molecule has 0 N–H and O–H groups in total. The first kappa shape index (κ1) is 18.9. The average molecular weight is 380 g/mol. The van der Waals surface area contributed by atoms with Gasteiger partial charge in [-0.05, 0) is 76.6 Å². The van der Waals surface area contributed by atoms with Crippen molar-refractivity contribution in [2.75, 3.05) is 0 Å². The van der Waals surface area contributed by atoms with Gasteiger partial charge in [0.2, 0.25) is 0 Å². The first-order valence-corrected chi connectivity index (χ1v) is 10.0. The van der Waals surface area contributed by atoms with Crippen molar-refractivity contribution < 1.29 is 4.52 Å². The second-order valence-electron chi connectivity index (χ2n) is 7.01. The molecular formula is C26H24N2O. The van der Waals surface area contributed by atoms with Crippen LogP contribution in [-0.2, 0) is 12.8 Å². The van der Waals surface area contributed by atoms with Crippen LogP contribution in [0.1, 0.15) is 24.0 Å². The Labute approximate surface area is 171 Å². The third-order valence-electron chi connectivity index (χ3n) is 5.17. The number of benzene rings is 3. The number of rotatable bonds is 0. The van der Waals surface area contributed by atoms with Gasteiger partial charge < -0.3 is 4.52 Å². The summed E-state index contributed by atoms with van der Waals surface area (Å²) in [6.45, 7) is 0. The van der Waals surface area contributed by atoms with Crippen LogP contribution in [0.5, 0.6) is 0 Å². The summed E-state index contributed by atoms with van der Waals surface area (Å²) >= 11 is 0. The number of pyridine rings is 1. The highest BCUT2D eigenvalue weighted by Gasteiger charge is 2.13. The lowest BCUT2D eigenvalue weighted by atomic mass is 9.86. The second-order valence-corrected chi connectivity index (χ2v) is 7.01. The Kier molecular flexibility index (Phi) is 6.28. The highest BCUT2D eigenvalue weighted by atomic mass is 16.5. The van der Waals surface area contributed by atoms with E-state index in [1.807, 2.05) is 18.2 Å². The van der Waals surface area contributed by atoms with Gasteiger partial charge in [0, 0.05) is 12.4 Å². The van der Waals surface area contributed by atoms with Crippen molar-refractivity contribution in [1.29, 1.82) is 0 Å². The molecule has 6 rings (SSSR count). The molecule has 0 saturated heterocycles. The van der Waals surface area contributed by atoms with E-state index < -0.39 is 0 Å². The first-order valence-electron chi connectivity index (χ1n) is 10.0. The fourth-order valence-electron chi connectivity index (χ4n) is 3.83. The maximum Gasteiger partial charge on any atom is 0.123 e. The quantitative estimate of drug-likeness (QED) is 0.283. The van der Waals surface area contributed by atoms with Gasteiger partial charge in [0.25, 0.3) is 0 Å². The third-order valence-corrected chi connectivity index (χ3v) is 5.17. The predicted molar refractivity (Wildman–Crippen MR) is 119 cm³/mol. The summed E-state index contributed by atoms with van der Waals surface area (Å²) < 4.78 is 4.33. The molecule has 0 amide bonds. The van der Waals surface area contributed by atoms with Crippen LogP contribution in [0.3, 0.4) is 0 Å². The maximum atomic E-state index is 4.33. The van der Waals surface area contributed by atoms with E-state index in [2.05, 4.69) is 63.2 Å². The monoisotopic (exact) mass is 380 g/mol. The highest BCUT2D eigenvalue weighted by molar-refractivity contribution is 6.08. The van der Waals surface area contributed by atoms with Crippen molar-refractivity contribution in [3.63, 3.8) is 0 Å². The standard InChI is InChI=1S/C18H16.C5H5N.C3H3NO/c1-3-7-15-13(5-1)9-11-18-16-8-4-2-6-14(16)10-12-17(15)18;1-2-4-6-5-3-1;1-2-4-5-3-1/h1,3,5,7,9-12H,2,4,6,8H2;1-5H;1-3H. The summed E-state index contributed by atoms with van der Waals surface area (Å²) in [5.41, 5.74) is 3.17. The van der Waals surface area contributed by atoms with E-state index in [0.29, 0.717) is 0 Å². The number of hydrogen-bond donors (Lipinski definition) is 0. The lowest BCUT2D eigenvalue weighted by Gasteiger charge is -2.18. The third kappa shape index (κ3) is 4.69. The molecule has 1 aliphatic rings. The van der Waals surface area contributed by atoms with Crippen molar-refractivity contribution >= 4 is 21.5 Å². The van der Waals surface area contributed by atoms with Crippen LogP contribution in [0.4, 0.5) is 0 Å². The normalized spacial score (nSPS) is 12.3. The van der Waals surface area contributed by atoms with Crippen molar-refractivity contribution in [3.8, 4) is 0 Å². The molecule has 0 atom stereocenters. The molecule has 2 heterocycles. The lowest BCUT2D eigenvalue weighted by molar-refractivity contribution is 0.420. The van der Waals surface area contributed by atoms with E-state index in [1.165, 1.54) is 53.5 Å². The van der Waals surface area contributed by atoms with E-state index >= 15 is 0 Å². The molecule has 29 heavy (non-hydrogen) atoms. The van der Waals surface area contributed by atoms with Crippen molar-refractivity contribution in [2.24, 2.45) is 0 Å². The zero-order chi connectivity index (χ0) is 19.7. The molecule has 2 aromatic heterocycles. The second kappa shape index (κ2) is 9.65. The summed E-state index contributed by atoms with van der Waals surface area (Å²) in [4.78, 5) is 3.78. The van der Waals surface area contributed by atoms with E-state index in [-0.39, 0.29) is 0 Å². The molecule has 3 heteroatoms. The van der Waals surface area contributed by atoms with Gasteiger partial charge in [0.05, 0.1) is 6.20 Å². The smallest absolute Gasteiger partial charge is 0.123 e. The summed E-state index contributed by atoms with van der Waals surface area (Å²) in [5.74, 6) is 0. The highest BCUT2D eigenvalue weighted by Crippen LogP contribution is 2.33. The van der Waals surface area contributed by atoms with Crippen molar-refractivity contribution in [3.05, 3.63) is 109 Å². The van der Waals surface area contributed by atoms with Crippen LogP contribution in [0.15, 0.2) is 102 Å². The molecule has 0 unspecified atom stereocenters. The minimum absolute atomic E-state index is 1.25. The van der Waals surface area contributed by atoms with Crippen LogP contribution in [0.25, 0.3) is 21.5 Å². The molecule has 0 aliphatic heterocycles. The van der Waals surface area contributed by atoms with E-state index in [9.17, 15) is 0 Å². The van der Waals surface area contributed by atoms with E-state index in [1.54, 1.807) is 35.8 Å². The van der Waals surface area contributed by atoms with Crippen LogP contribution < -0.4 is 0 Å². The number of nitrogens with zero attached hydrogens (tertiary/aromatic N) is 2. The summed E-state index contributed by atoms with van der Waals surface area (Å²) in [5, 5.41) is 8.99. The largest absolute Gasteiger partial charge is 0.365 e. The molecule has 0 bridgehead atoms. The fraction of sp³-hybridized carbons (Fsp3) is 0.154. The Balaban J connectivity index is 0.000000152. The molecular weight excluding hydrogens is 356 g/mol. The number of fused-ring (bicyclic) bond motifs is 5. The van der Waals surface area contributed by atoms with Gasteiger partial charge in [-0.3, -0.25) is 4.98 Å². The SMILES string of the molecule is c1ccc2c(c1)ccc1c3c(ccc12)CCCC3.c1ccncc1.c1cnoc1. The Morgan fingerprint density at radius 3 is 2.14 bits per heavy atom. The molecule has 144 valence electrons. The molecule has 0 spiro atoms. The molecule has 0 radical (unpaired) electrons. The van der Waals surface area contributed by atoms with Gasteiger partial charge in [-0.15, -0.1) is 0 Å². The molecule has 3 aromatic carbocycles. The summed E-state index contributed by atoms with van der Waals surface area (Å²) in [6, 6.07) is 25.4. The molecule has 0 saturated carbocycles. The van der Waals surface area contributed by atoms with Gasteiger partial charge in [-0.1, -0.05) is 59.8 Å². The average Bonchev–Trinajstić information content (AvgIpc) is 3.41. The van der Waals surface area contributed by atoms with E-state index in [4.69, 9.17) is 0 Å². The first-order chi connectivity index (χ1) is 14.4. The van der Waals surface area contributed by atoms with Gasteiger partial charge >= 0.3 is 0 Å². The van der Waals surface area contributed by atoms with Gasteiger partial charge in [-0.25, -0.2) is 0 Å². The molecule has 0 fully saturated rings. The number of hydrogen-bond acceptors (Lipinski definition) is 3. The van der Waals surface area contributed by atoms with Gasteiger partial charge in [0.15, 0.2) is 0 Å². The Morgan fingerprint density at radius 2 is 1.45 bits per heavy atom. The van der Waals surface area contributed by atoms with Crippen LogP contribution in [-0.4, -0.2) is 10.1 Å². The number of aryl methyl sites for hydroxylation is 2. The summed E-state index contributed by atoms with van der Waals surface area (Å²) in [7, 11) is 0. The van der Waals surface area contributed by atoms with Crippen LogP contribution >= 0.6 is 0 Å². The Hall–Kier alpha value is -3.46. The van der Waals surface area contributed by atoms with Crippen molar-refractivity contribution in [2.45, 2.75) is 25.7 Å². The zero-order valence-corrected chi connectivity index (χ0v) is 16.4. The van der Waals surface area contributed by atoms with E-state index in [0.717, 1.165) is 0 Å². The minimum Gasteiger partial charge on any atom is -0.365 e. The predicted octanol–water partition coefficient (Wildman–Crippen LogP) is 6.63. The maximum absolute atomic E-state index is 4.33. The molecule has 3 nitrogen and oxygen atoms in total. The van der Waals surface area contributed by atoms with Crippen LogP contribution in [0, 0.1) is 0 Å². The Bertz CT molecular complexity index is 1110. The van der Waals surface area contributed by atoms with Gasteiger partial charge in [0.1, 0.15) is 6.26 Å². The molecule has 5 aromatic rings. The minimum atomic E-state index is 1.25. The van der Waals surface area contributed by atoms with Crippen molar-refractivity contribution in [1.82, 2.24) is 10.1 Å². The lowest BCUT2D eigenvalue weighted by Crippen LogP contribution is -2.02. The van der Waals surface area contributed by atoms with Gasteiger partial charge in [-0.2, -0.15) is 0 Å². The number of aromatic nitrogens is 2. The zero-order valence-electron chi connectivity index (χ0n) is 16.4. The Morgan fingerprint density at radius 1 is 0.621 bits per heavy atom. The topological polar surface area (TPSA) is 38.9 Å². The summed E-state index contributed by atoms with van der Waals surface area (Å²) in [6.07, 6.45) is 11.8. The molecule has 1 aliphatic carbocycles. The fourth-order valence-corrected chi connectivity index (χ4v) is 3.83. The van der Waals surface area contributed by atoms with Crippen LogP contribution in [0.2, 0.25) is 0 Å².